The summed E-state index contributed by atoms with van der Waals surface area (Å²) >= 11 is 5.14. The smallest absolute Gasteiger partial charge is 0.238 e. The maximum absolute atomic E-state index is 12.5. The van der Waals surface area contributed by atoms with Crippen molar-refractivity contribution >= 4 is 50.2 Å². The fourth-order valence-electron chi connectivity index (χ4n) is 2.99. The van der Waals surface area contributed by atoms with Crippen LogP contribution in [0.3, 0.4) is 0 Å². The highest BCUT2D eigenvalue weighted by molar-refractivity contribution is 9.10. The van der Waals surface area contributed by atoms with Crippen molar-refractivity contribution in [2.45, 2.75) is 12.3 Å². The van der Waals surface area contributed by atoms with E-state index in [0.717, 1.165) is 32.3 Å². The predicted octanol–water partition coefficient (Wildman–Crippen LogP) is 5.02. The van der Waals surface area contributed by atoms with Gasteiger partial charge in [0.05, 0.1) is 5.75 Å². The highest BCUT2D eigenvalue weighted by Gasteiger charge is 2.34. The van der Waals surface area contributed by atoms with Gasteiger partial charge in [-0.25, -0.2) is 0 Å². The van der Waals surface area contributed by atoms with Crippen LogP contribution in [-0.2, 0) is 4.79 Å². The van der Waals surface area contributed by atoms with E-state index in [-0.39, 0.29) is 11.3 Å². The van der Waals surface area contributed by atoms with Gasteiger partial charge in [0.1, 0.15) is 5.37 Å². The SMILES string of the molecule is Cc1cc2cc(N3C(=O)CSC3c3ccc(Br)cc3)ccc2[nH]1. The molecule has 0 saturated carbocycles. The number of aryl methyl sites for hydroxylation is 1. The summed E-state index contributed by atoms with van der Waals surface area (Å²) in [6.07, 6.45) is 0. The van der Waals surface area contributed by atoms with E-state index in [1.165, 1.54) is 0 Å². The van der Waals surface area contributed by atoms with E-state index in [2.05, 4.69) is 45.2 Å². The Morgan fingerprint density at radius 3 is 2.74 bits per heavy atom. The molecule has 23 heavy (non-hydrogen) atoms. The molecule has 1 aromatic heterocycles. The van der Waals surface area contributed by atoms with Crippen molar-refractivity contribution in [3.05, 3.63) is 64.3 Å². The number of thioether (sulfide) groups is 1. The zero-order chi connectivity index (χ0) is 16.0. The molecule has 1 saturated heterocycles. The van der Waals surface area contributed by atoms with Gasteiger partial charge in [0.15, 0.2) is 0 Å². The molecule has 1 aliphatic heterocycles. The number of H-pyrrole nitrogens is 1. The summed E-state index contributed by atoms with van der Waals surface area (Å²) in [6.45, 7) is 2.04. The van der Waals surface area contributed by atoms with E-state index in [9.17, 15) is 4.79 Å². The molecule has 1 unspecified atom stereocenters. The molecule has 4 rings (SSSR count). The molecule has 2 aromatic carbocycles. The first-order valence-corrected chi connectivity index (χ1v) is 9.24. The highest BCUT2D eigenvalue weighted by Crippen LogP contribution is 2.42. The van der Waals surface area contributed by atoms with Gasteiger partial charge < -0.3 is 4.98 Å². The van der Waals surface area contributed by atoms with Gasteiger partial charge in [0.25, 0.3) is 0 Å². The van der Waals surface area contributed by atoms with Gasteiger partial charge in [-0.3, -0.25) is 9.69 Å². The van der Waals surface area contributed by atoms with E-state index < -0.39 is 0 Å². The third-order valence-corrected chi connectivity index (χ3v) is 5.78. The molecule has 116 valence electrons. The predicted molar refractivity (Wildman–Crippen MR) is 99.9 cm³/mol. The molecular formula is C18H15BrN2OS. The zero-order valence-electron chi connectivity index (χ0n) is 12.5. The largest absolute Gasteiger partial charge is 0.359 e. The van der Waals surface area contributed by atoms with Crippen LogP contribution >= 0.6 is 27.7 Å². The number of rotatable bonds is 2. The van der Waals surface area contributed by atoms with Gasteiger partial charge in [-0.1, -0.05) is 28.1 Å². The number of nitrogens with one attached hydrogen (secondary N) is 1. The van der Waals surface area contributed by atoms with Crippen molar-refractivity contribution in [2.24, 2.45) is 0 Å². The lowest BCUT2D eigenvalue weighted by molar-refractivity contribution is -0.115. The summed E-state index contributed by atoms with van der Waals surface area (Å²) in [5.41, 5.74) is 4.34. The molecule has 2 heterocycles. The summed E-state index contributed by atoms with van der Waals surface area (Å²) in [5, 5.41) is 1.17. The van der Waals surface area contributed by atoms with Crippen molar-refractivity contribution in [2.75, 3.05) is 10.7 Å². The van der Waals surface area contributed by atoms with E-state index in [1.807, 2.05) is 36.1 Å². The number of hydrogen-bond donors (Lipinski definition) is 1. The summed E-state index contributed by atoms with van der Waals surface area (Å²) < 4.78 is 1.05. The summed E-state index contributed by atoms with van der Waals surface area (Å²) in [5.74, 6) is 0.680. The molecule has 1 fully saturated rings. The van der Waals surface area contributed by atoms with Gasteiger partial charge in [-0.2, -0.15) is 0 Å². The molecule has 3 nitrogen and oxygen atoms in total. The third kappa shape index (κ3) is 2.68. The number of hydrogen-bond acceptors (Lipinski definition) is 2. The second kappa shape index (κ2) is 5.73. The number of carbonyl (C=O) groups is 1. The minimum Gasteiger partial charge on any atom is -0.359 e. The van der Waals surface area contributed by atoms with Gasteiger partial charge in [-0.15, -0.1) is 11.8 Å². The van der Waals surface area contributed by atoms with Crippen molar-refractivity contribution in [3.8, 4) is 0 Å². The number of anilines is 1. The molecule has 1 amide bonds. The van der Waals surface area contributed by atoms with Crippen molar-refractivity contribution in [1.82, 2.24) is 4.98 Å². The Hall–Kier alpha value is -1.72. The van der Waals surface area contributed by atoms with Crippen molar-refractivity contribution in [3.63, 3.8) is 0 Å². The average molecular weight is 387 g/mol. The lowest BCUT2D eigenvalue weighted by Gasteiger charge is -2.24. The summed E-state index contributed by atoms with van der Waals surface area (Å²) in [4.78, 5) is 17.7. The molecule has 0 bridgehead atoms. The minimum atomic E-state index is 0.0353. The minimum absolute atomic E-state index is 0.0353. The summed E-state index contributed by atoms with van der Waals surface area (Å²) in [7, 11) is 0. The van der Waals surface area contributed by atoms with Crippen molar-refractivity contribution < 1.29 is 4.79 Å². The third-order valence-electron chi connectivity index (χ3n) is 4.04. The standard InChI is InChI=1S/C18H15BrN2OS/c1-11-8-13-9-15(6-7-16(13)20-11)21-17(22)10-23-18(21)12-2-4-14(19)5-3-12/h2-9,18,20H,10H2,1H3. The molecule has 1 atom stereocenters. The normalized spacial score (nSPS) is 18.1. The lowest BCUT2D eigenvalue weighted by atomic mass is 10.1. The van der Waals surface area contributed by atoms with E-state index in [1.54, 1.807) is 11.8 Å². The lowest BCUT2D eigenvalue weighted by Crippen LogP contribution is -2.27. The highest BCUT2D eigenvalue weighted by atomic mass is 79.9. The summed E-state index contributed by atoms with van der Waals surface area (Å²) in [6, 6.07) is 16.5. The monoisotopic (exact) mass is 386 g/mol. The van der Waals surface area contributed by atoms with Crippen LogP contribution < -0.4 is 4.90 Å². The number of benzene rings is 2. The zero-order valence-corrected chi connectivity index (χ0v) is 14.9. The molecule has 0 aliphatic carbocycles. The second-order valence-electron chi connectivity index (χ2n) is 5.70. The van der Waals surface area contributed by atoms with Crippen LogP contribution in [0.15, 0.2) is 53.0 Å². The van der Waals surface area contributed by atoms with Gasteiger partial charge in [0.2, 0.25) is 5.91 Å². The number of nitrogens with zero attached hydrogens (tertiary/aromatic N) is 1. The number of halogens is 1. The Balaban J connectivity index is 1.76. The van der Waals surface area contributed by atoms with Gasteiger partial charge >= 0.3 is 0 Å². The van der Waals surface area contributed by atoms with Gasteiger partial charge in [0, 0.05) is 26.8 Å². The van der Waals surface area contributed by atoms with Crippen LogP contribution in [0.4, 0.5) is 5.69 Å². The number of amides is 1. The maximum Gasteiger partial charge on any atom is 0.238 e. The Bertz CT molecular complexity index is 888. The molecule has 0 spiro atoms. The number of aromatic nitrogens is 1. The van der Waals surface area contributed by atoms with Gasteiger partial charge in [-0.05, 0) is 48.9 Å². The first kappa shape index (κ1) is 14.8. The fraction of sp³-hybridized carbons (Fsp3) is 0.167. The fourth-order valence-corrected chi connectivity index (χ4v) is 4.43. The number of fused-ring (bicyclic) bond motifs is 1. The quantitative estimate of drug-likeness (QED) is 0.671. The molecule has 1 aliphatic rings. The van der Waals surface area contributed by atoms with E-state index >= 15 is 0 Å². The van der Waals surface area contributed by atoms with Crippen molar-refractivity contribution in [1.29, 1.82) is 0 Å². The van der Waals surface area contributed by atoms with Crippen LogP contribution in [-0.4, -0.2) is 16.6 Å². The Labute approximate surface area is 147 Å². The molecular weight excluding hydrogens is 372 g/mol. The first-order valence-electron chi connectivity index (χ1n) is 7.40. The molecule has 1 N–H and O–H groups in total. The second-order valence-corrected chi connectivity index (χ2v) is 7.69. The van der Waals surface area contributed by atoms with Crippen LogP contribution in [0.25, 0.3) is 10.9 Å². The first-order chi connectivity index (χ1) is 11.1. The van der Waals surface area contributed by atoms with Crippen LogP contribution in [0, 0.1) is 6.92 Å². The Kier molecular flexibility index (Phi) is 3.70. The number of aromatic amines is 1. The van der Waals surface area contributed by atoms with Crippen LogP contribution in [0.5, 0.6) is 0 Å². The van der Waals surface area contributed by atoms with Crippen LogP contribution in [0.2, 0.25) is 0 Å². The Morgan fingerprint density at radius 1 is 1.17 bits per heavy atom. The molecule has 5 heteroatoms. The number of carbonyl (C=O) groups excluding carboxylic acids is 1. The molecule has 0 radical (unpaired) electrons. The molecule has 3 aromatic rings. The van der Waals surface area contributed by atoms with Crippen LogP contribution in [0.1, 0.15) is 16.6 Å². The average Bonchev–Trinajstić information content (AvgIpc) is 3.09. The van der Waals surface area contributed by atoms with E-state index in [4.69, 9.17) is 0 Å². The Morgan fingerprint density at radius 2 is 1.96 bits per heavy atom. The topological polar surface area (TPSA) is 36.1 Å². The maximum atomic E-state index is 12.5. The van der Waals surface area contributed by atoms with E-state index in [0.29, 0.717) is 5.75 Å².